The van der Waals surface area contributed by atoms with Crippen LogP contribution >= 0.6 is 11.6 Å². The summed E-state index contributed by atoms with van der Waals surface area (Å²) in [6, 6.07) is 2.49. The molecule has 0 aliphatic carbocycles. The number of rotatable bonds is 1. The van der Waals surface area contributed by atoms with Gasteiger partial charge in [0.25, 0.3) is 0 Å². The molecule has 1 heterocycles. The minimum Gasteiger partial charge on any atom is -0.493 e. The molecule has 0 saturated heterocycles. The van der Waals surface area contributed by atoms with Crippen molar-refractivity contribution in [2.45, 2.75) is 0 Å². The van der Waals surface area contributed by atoms with Gasteiger partial charge in [-0.15, -0.1) is 0 Å². The van der Waals surface area contributed by atoms with E-state index >= 15 is 0 Å². The standard InChI is InChI=1S/C6H4ClNO3/c7-3-1-2-4(9)8-5(3)6(10)11/h1-2H,(H,8,9)(H,10,11). The lowest BCUT2D eigenvalue weighted by Gasteiger charge is -1.96. The largest absolute Gasteiger partial charge is 0.493 e. The monoisotopic (exact) mass is 173 g/mol. The molecule has 0 aliphatic heterocycles. The normalized spacial score (nSPS) is 9.55. The number of halogens is 1. The topological polar surface area (TPSA) is 70.4 Å². The summed E-state index contributed by atoms with van der Waals surface area (Å²) in [5.41, 5.74) is -0.341. The first kappa shape index (κ1) is 7.81. The van der Waals surface area contributed by atoms with Gasteiger partial charge in [0, 0.05) is 6.07 Å². The fourth-order valence-corrected chi connectivity index (χ4v) is 0.768. The van der Waals surface area contributed by atoms with Gasteiger partial charge in [0.15, 0.2) is 5.69 Å². The summed E-state index contributed by atoms with van der Waals surface area (Å²) in [4.78, 5) is 13.6. The lowest BCUT2D eigenvalue weighted by atomic mass is 10.3. The van der Waals surface area contributed by atoms with Crippen LogP contribution in [0.5, 0.6) is 5.88 Å². The third kappa shape index (κ3) is 1.59. The SMILES string of the molecule is O=C(O)c1nc(O)ccc1Cl. The number of hydrogen-bond donors (Lipinski definition) is 2. The molecule has 0 bridgehead atoms. The molecule has 1 rings (SSSR count). The molecule has 0 amide bonds. The Morgan fingerprint density at radius 1 is 1.55 bits per heavy atom. The van der Waals surface area contributed by atoms with Gasteiger partial charge >= 0.3 is 5.97 Å². The summed E-state index contributed by atoms with van der Waals surface area (Å²) in [6.07, 6.45) is 0. The van der Waals surface area contributed by atoms with Crippen molar-refractivity contribution in [1.82, 2.24) is 4.98 Å². The van der Waals surface area contributed by atoms with Gasteiger partial charge in [-0.3, -0.25) is 0 Å². The third-order valence-corrected chi connectivity index (χ3v) is 1.34. The summed E-state index contributed by atoms with van der Waals surface area (Å²) in [7, 11) is 0. The molecule has 0 fully saturated rings. The summed E-state index contributed by atoms with van der Waals surface area (Å²) >= 11 is 5.44. The zero-order valence-corrected chi connectivity index (χ0v) is 6.04. The number of aromatic nitrogens is 1. The van der Waals surface area contributed by atoms with E-state index < -0.39 is 5.97 Å². The smallest absolute Gasteiger partial charge is 0.356 e. The lowest BCUT2D eigenvalue weighted by Crippen LogP contribution is -2.00. The van der Waals surface area contributed by atoms with E-state index in [1.165, 1.54) is 12.1 Å². The van der Waals surface area contributed by atoms with Crippen molar-refractivity contribution in [2.75, 3.05) is 0 Å². The highest BCUT2D eigenvalue weighted by Gasteiger charge is 2.10. The molecule has 1 aromatic heterocycles. The van der Waals surface area contributed by atoms with Crippen LogP contribution in [0.25, 0.3) is 0 Å². The highest BCUT2D eigenvalue weighted by atomic mass is 35.5. The Morgan fingerprint density at radius 3 is 2.64 bits per heavy atom. The highest BCUT2D eigenvalue weighted by Crippen LogP contribution is 2.16. The summed E-state index contributed by atoms with van der Waals surface area (Å²) in [6.45, 7) is 0. The summed E-state index contributed by atoms with van der Waals surface area (Å²) in [5.74, 6) is -1.61. The quantitative estimate of drug-likeness (QED) is 0.668. The van der Waals surface area contributed by atoms with Gasteiger partial charge in [-0.2, -0.15) is 0 Å². The van der Waals surface area contributed by atoms with E-state index in [-0.39, 0.29) is 16.6 Å². The van der Waals surface area contributed by atoms with Gasteiger partial charge in [-0.25, -0.2) is 9.78 Å². The third-order valence-electron chi connectivity index (χ3n) is 1.03. The maximum Gasteiger partial charge on any atom is 0.356 e. The van der Waals surface area contributed by atoms with Gasteiger partial charge in [0.05, 0.1) is 5.02 Å². The van der Waals surface area contributed by atoms with Crippen molar-refractivity contribution in [1.29, 1.82) is 0 Å². The Morgan fingerprint density at radius 2 is 2.18 bits per heavy atom. The second-order valence-corrected chi connectivity index (χ2v) is 2.21. The first-order valence-corrected chi connectivity index (χ1v) is 3.08. The maximum atomic E-state index is 10.3. The second-order valence-electron chi connectivity index (χ2n) is 1.81. The molecule has 11 heavy (non-hydrogen) atoms. The van der Waals surface area contributed by atoms with E-state index in [2.05, 4.69) is 4.98 Å². The lowest BCUT2D eigenvalue weighted by molar-refractivity contribution is 0.0689. The van der Waals surface area contributed by atoms with Crippen molar-refractivity contribution in [2.24, 2.45) is 0 Å². The predicted octanol–water partition coefficient (Wildman–Crippen LogP) is 1.14. The molecular weight excluding hydrogens is 170 g/mol. The van der Waals surface area contributed by atoms with Crippen LogP contribution in [0.3, 0.4) is 0 Å². The molecule has 58 valence electrons. The number of nitrogens with zero attached hydrogens (tertiary/aromatic N) is 1. The van der Waals surface area contributed by atoms with Crippen LogP contribution in [-0.4, -0.2) is 21.2 Å². The second kappa shape index (κ2) is 2.75. The molecule has 0 aliphatic rings. The number of aromatic carboxylic acids is 1. The number of hydrogen-bond acceptors (Lipinski definition) is 3. The van der Waals surface area contributed by atoms with Gasteiger partial charge in [0.1, 0.15) is 0 Å². The van der Waals surface area contributed by atoms with Crippen molar-refractivity contribution in [3.8, 4) is 5.88 Å². The number of carboxylic acids is 1. The van der Waals surface area contributed by atoms with Gasteiger partial charge in [-0.05, 0) is 6.07 Å². The molecule has 5 heteroatoms. The molecule has 0 radical (unpaired) electrons. The molecule has 0 spiro atoms. The van der Waals surface area contributed by atoms with Crippen molar-refractivity contribution >= 4 is 17.6 Å². The van der Waals surface area contributed by atoms with Crippen molar-refractivity contribution in [3.63, 3.8) is 0 Å². The first-order valence-electron chi connectivity index (χ1n) is 2.70. The number of pyridine rings is 1. The Hall–Kier alpha value is -1.29. The fourth-order valence-electron chi connectivity index (χ4n) is 0.582. The Kier molecular flexibility index (Phi) is 1.96. The van der Waals surface area contributed by atoms with E-state index in [0.717, 1.165) is 0 Å². The fraction of sp³-hybridized carbons (Fsp3) is 0. The van der Waals surface area contributed by atoms with E-state index in [1.54, 1.807) is 0 Å². The highest BCUT2D eigenvalue weighted by molar-refractivity contribution is 6.33. The number of carbonyl (C=O) groups is 1. The molecule has 0 unspecified atom stereocenters. The van der Waals surface area contributed by atoms with Crippen molar-refractivity contribution in [3.05, 3.63) is 22.8 Å². The summed E-state index contributed by atoms with van der Waals surface area (Å²) < 4.78 is 0. The predicted molar refractivity (Wildman–Crippen MR) is 37.9 cm³/mol. The summed E-state index contributed by atoms with van der Waals surface area (Å²) in [5, 5.41) is 17.2. The molecule has 1 aromatic rings. The van der Waals surface area contributed by atoms with E-state index in [4.69, 9.17) is 21.8 Å². The number of aromatic hydroxyl groups is 1. The molecule has 0 saturated carbocycles. The van der Waals surface area contributed by atoms with Gasteiger partial charge in [0.2, 0.25) is 5.88 Å². The van der Waals surface area contributed by atoms with Crippen LogP contribution in [-0.2, 0) is 0 Å². The van der Waals surface area contributed by atoms with Crippen LogP contribution in [0.15, 0.2) is 12.1 Å². The Bertz CT molecular complexity index is 300. The Balaban J connectivity index is 3.23. The molecule has 0 aromatic carbocycles. The van der Waals surface area contributed by atoms with E-state index in [0.29, 0.717) is 0 Å². The molecular formula is C6H4ClNO3. The van der Waals surface area contributed by atoms with Gasteiger partial charge in [-0.1, -0.05) is 11.6 Å². The molecule has 2 N–H and O–H groups in total. The first-order chi connectivity index (χ1) is 5.11. The van der Waals surface area contributed by atoms with E-state index in [1.807, 2.05) is 0 Å². The minimum absolute atomic E-state index is 0.00954. The van der Waals surface area contributed by atoms with Crippen LogP contribution < -0.4 is 0 Å². The van der Waals surface area contributed by atoms with Crippen LogP contribution in [0.1, 0.15) is 10.5 Å². The number of carboxylic acid groups (broad SMARTS) is 1. The average molecular weight is 174 g/mol. The average Bonchev–Trinajstić information content (AvgIpc) is 1.94. The maximum absolute atomic E-state index is 10.3. The minimum atomic E-state index is -1.26. The van der Waals surface area contributed by atoms with Crippen LogP contribution in [0.2, 0.25) is 5.02 Å². The van der Waals surface area contributed by atoms with Crippen LogP contribution in [0, 0.1) is 0 Å². The van der Waals surface area contributed by atoms with Gasteiger partial charge < -0.3 is 10.2 Å². The molecule has 4 nitrogen and oxygen atoms in total. The Labute approximate surface area is 67.1 Å². The molecule has 0 atom stereocenters. The zero-order valence-electron chi connectivity index (χ0n) is 5.28. The van der Waals surface area contributed by atoms with E-state index in [9.17, 15) is 4.79 Å². The van der Waals surface area contributed by atoms with Crippen LogP contribution in [0.4, 0.5) is 0 Å². The van der Waals surface area contributed by atoms with Crippen molar-refractivity contribution < 1.29 is 15.0 Å². The zero-order chi connectivity index (χ0) is 8.43.